The summed E-state index contributed by atoms with van der Waals surface area (Å²) in [7, 11) is 0. The van der Waals surface area contributed by atoms with E-state index >= 15 is 0 Å². The minimum absolute atomic E-state index is 0.158. The first-order chi connectivity index (χ1) is 9.67. The molecule has 0 amide bonds. The molecule has 0 aliphatic rings. The molecule has 2 aromatic carbocycles. The number of aryl methyl sites for hydroxylation is 4. The molecule has 112 valence electrons. The highest BCUT2D eigenvalue weighted by atomic mass is 19.4. The molecule has 21 heavy (non-hydrogen) atoms. The first kappa shape index (κ1) is 15.4. The molecule has 1 nitrogen and oxygen atoms in total. The lowest BCUT2D eigenvalue weighted by molar-refractivity contribution is -0.274. The molecule has 2 rings (SSSR count). The van der Waals surface area contributed by atoms with E-state index in [1.807, 2.05) is 39.0 Å². The van der Waals surface area contributed by atoms with Gasteiger partial charge in [-0.2, -0.15) is 0 Å². The van der Waals surface area contributed by atoms with Crippen molar-refractivity contribution in [1.82, 2.24) is 0 Å². The molecular weight excluding hydrogens is 277 g/mol. The van der Waals surface area contributed by atoms with Crippen LogP contribution in [0.2, 0.25) is 0 Å². The molecular formula is C17H17F3O. The molecule has 0 atom stereocenters. The normalized spacial score (nSPS) is 11.6. The van der Waals surface area contributed by atoms with Crippen LogP contribution in [0.5, 0.6) is 5.75 Å². The van der Waals surface area contributed by atoms with Gasteiger partial charge in [-0.05, 0) is 67.6 Å². The van der Waals surface area contributed by atoms with Crippen molar-refractivity contribution in [1.29, 1.82) is 0 Å². The maximum absolute atomic E-state index is 12.6. The molecule has 0 radical (unpaired) electrons. The van der Waals surface area contributed by atoms with Gasteiger partial charge >= 0.3 is 6.36 Å². The molecule has 0 heterocycles. The third-order valence-corrected chi connectivity index (χ3v) is 3.64. The zero-order valence-corrected chi connectivity index (χ0v) is 12.4. The summed E-state index contributed by atoms with van der Waals surface area (Å²) in [5.74, 6) is -0.158. The fourth-order valence-electron chi connectivity index (χ4n) is 2.13. The van der Waals surface area contributed by atoms with E-state index in [0.29, 0.717) is 5.56 Å². The number of alkyl halides is 3. The Bertz CT molecular complexity index is 672. The quantitative estimate of drug-likeness (QED) is 0.712. The average molecular weight is 294 g/mol. The Labute approximate surface area is 122 Å². The van der Waals surface area contributed by atoms with Gasteiger partial charge in [0.1, 0.15) is 5.75 Å². The SMILES string of the molecule is Cc1ccc(-c2cc(C)c(C)cc2OC(F)(F)F)cc1C. The summed E-state index contributed by atoms with van der Waals surface area (Å²) >= 11 is 0. The molecule has 0 saturated carbocycles. The lowest BCUT2D eigenvalue weighted by Crippen LogP contribution is -2.17. The van der Waals surface area contributed by atoms with E-state index < -0.39 is 6.36 Å². The van der Waals surface area contributed by atoms with Crippen LogP contribution >= 0.6 is 0 Å². The molecule has 0 unspecified atom stereocenters. The van der Waals surface area contributed by atoms with Crippen LogP contribution in [0, 0.1) is 27.7 Å². The molecule has 0 spiro atoms. The molecule has 0 fully saturated rings. The van der Waals surface area contributed by atoms with Gasteiger partial charge in [-0.25, -0.2) is 0 Å². The van der Waals surface area contributed by atoms with Gasteiger partial charge < -0.3 is 4.74 Å². The Morgan fingerprint density at radius 1 is 0.762 bits per heavy atom. The predicted molar refractivity (Wildman–Crippen MR) is 77.5 cm³/mol. The van der Waals surface area contributed by atoms with Crippen molar-refractivity contribution >= 4 is 0 Å². The van der Waals surface area contributed by atoms with Crippen molar-refractivity contribution in [2.45, 2.75) is 34.1 Å². The van der Waals surface area contributed by atoms with Crippen LogP contribution in [0.1, 0.15) is 22.3 Å². The number of hydrogen-bond donors (Lipinski definition) is 0. The van der Waals surface area contributed by atoms with Gasteiger partial charge in [-0.15, -0.1) is 13.2 Å². The summed E-state index contributed by atoms with van der Waals surface area (Å²) in [6.07, 6.45) is -4.70. The maximum Gasteiger partial charge on any atom is 0.573 e. The second kappa shape index (κ2) is 5.43. The summed E-state index contributed by atoms with van der Waals surface area (Å²) in [5.41, 5.74) is 5.00. The molecule has 0 aromatic heterocycles. The number of ether oxygens (including phenoxy) is 1. The predicted octanol–water partition coefficient (Wildman–Crippen LogP) is 5.49. The van der Waals surface area contributed by atoms with Gasteiger partial charge in [0.2, 0.25) is 0 Å². The van der Waals surface area contributed by atoms with Gasteiger partial charge in [-0.1, -0.05) is 18.2 Å². The summed E-state index contributed by atoms with van der Waals surface area (Å²) in [6, 6.07) is 8.77. The highest BCUT2D eigenvalue weighted by Gasteiger charge is 2.32. The second-order valence-electron chi connectivity index (χ2n) is 5.28. The molecule has 0 N–H and O–H groups in total. The Morgan fingerprint density at radius 3 is 1.90 bits per heavy atom. The number of benzene rings is 2. The minimum Gasteiger partial charge on any atom is -0.405 e. The molecule has 2 aromatic rings. The number of rotatable bonds is 2. The molecule has 4 heteroatoms. The fourth-order valence-corrected chi connectivity index (χ4v) is 2.13. The zero-order chi connectivity index (χ0) is 15.8. The summed E-state index contributed by atoms with van der Waals surface area (Å²) < 4.78 is 42.0. The topological polar surface area (TPSA) is 9.23 Å². The monoisotopic (exact) mass is 294 g/mol. The lowest BCUT2D eigenvalue weighted by atomic mass is 9.96. The van der Waals surface area contributed by atoms with Crippen LogP contribution in [0.15, 0.2) is 30.3 Å². The lowest BCUT2D eigenvalue weighted by Gasteiger charge is -2.16. The second-order valence-corrected chi connectivity index (χ2v) is 5.28. The fraction of sp³-hybridized carbons (Fsp3) is 0.294. The Balaban J connectivity index is 2.60. The van der Waals surface area contributed by atoms with Gasteiger partial charge in [-0.3, -0.25) is 0 Å². The van der Waals surface area contributed by atoms with Crippen molar-refractivity contribution in [3.8, 4) is 16.9 Å². The van der Waals surface area contributed by atoms with Crippen LogP contribution in [0.3, 0.4) is 0 Å². The van der Waals surface area contributed by atoms with Gasteiger partial charge in [0.25, 0.3) is 0 Å². The van der Waals surface area contributed by atoms with E-state index in [9.17, 15) is 13.2 Å². The minimum atomic E-state index is -4.70. The average Bonchev–Trinajstić information content (AvgIpc) is 2.35. The zero-order valence-electron chi connectivity index (χ0n) is 12.4. The first-order valence-corrected chi connectivity index (χ1v) is 6.62. The molecule has 0 aliphatic carbocycles. The Kier molecular flexibility index (Phi) is 3.99. The van der Waals surface area contributed by atoms with Crippen molar-refractivity contribution in [3.63, 3.8) is 0 Å². The molecule has 0 saturated heterocycles. The van der Waals surface area contributed by atoms with E-state index in [2.05, 4.69) is 4.74 Å². The largest absolute Gasteiger partial charge is 0.573 e. The smallest absolute Gasteiger partial charge is 0.405 e. The summed E-state index contributed by atoms with van der Waals surface area (Å²) in [6.45, 7) is 7.54. The standard InChI is InChI=1S/C17H17F3O/c1-10-5-6-14(7-11(10)2)15-8-12(3)13(4)9-16(15)21-17(18,19)20/h5-9H,1-4H3. The highest BCUT2D eigenvalue weighted by Crippen LogP contribution is 2.36. The third kappa shape index (κ3) is 3.57. The Morgan fingerprint density at radius 2 is 1.33 bits per heavy atom. The van der Waals surface area contributed by atoms with E-state index in [-0.39, 0.29) is 5.75 Å². The summed E-state index contributed by atoms with van der Waals surface area (Å²) in [4.78, 5) is 0. The van der Waals surface area contributed by atoms with Crippen LogP contribution in [-0.4, -0.2) is 6.36 Å². The third-order valence-electron chi connectivity index (χ3n) is 3.64. The molecule has 0 bridgehead atoms. The van der Waals surface area contributed by atoms with Crippen molar-refractivity contribution in [2.75, 3.05) is 0 Å². The van der Waals surface area contributed by atoms with Crippen LogP contribution in [0.25, 0.3) is 11.1 Å². The van der Waals surface area contributed by atoms with E-state index in [0.717, 1.165) is 27.8 Å². The van der Waals surface area contributed by atoms with E-state index in [4.69, 9.17) is 0 Å². The highest BCUT2D eigenvalue weighted by molar-refractivity contribution is 5.73. The van der Waals surface area contributed by atoms with Gasteiger partial charge in [0.05, 0.1) is 0 Å². The molecule has 0 aliphatic heterocycles. The van der Waals surface area contributed by atoms with E-state index in [1.165, 1.54) is 6.07 Å². The van der Waals surface area contributed by atoms with Crippen molar-refractivity contribution in [3.05, 3.63) is 52.6 Å². The van der Waals surface area contributed by atoms with Gasteiger partial charge in [0, 0.05) is 5.56 Å². The van der Waals surface area contributed by atoms with Gasteiger partial charge in [0.15, 0.2) is 0 Å². The Hall–Kier alpha value is -1.97. The van der Waals surface area contributed by atoms with Crippen molar-refractivity contribution < 1.29 is 17.9 Å². The van der Waals surface area contributed by atoms with Crippen LogP contribution < -0.4 is 4.74 Å². The van der Waals surface area contributed by atoms with Crippen LogP contribution in [-0.2, 0) is 0 Å². The first-order valence-electron chi connectivity index (χ1n) is 6.62. The van der Waals surface area contributed by atoms with E-state index in [1.54, 1.807) is 13.0 Å². The maximum atomic E-state index is 12.6. The number of hydrogen-bond acceptors (Lipinski definition) is 1. The van der Waals surface area contributed by atoms with Crippen LogP contribution in [0.4, 0.5) is 13.2 Å². The number of halogens is 3. The van der Waals surface area contributed by atoms with Crippen molar-refractivity contribution in [2.24, 2.45) is 0 Å². The summed E-state index contributed by atoms with van der Waals surface area (Å²) in [5, 5.41) is 0.